The minimum Gasteiger partial charge on any atom is -0.379 e. The maximum absolute atomic E-state index is 5.44. The van der Waals surface area contributed by atoms with E-state index in [1.54, 1.807) is 0 Å². The van der Waals surface area contributed by atoms with Crippen molar-refractivity contribution in [1.29, 1.82) is 0 Å². The number of hydrogen-bond donors (Lipinski definition) is 1. The predicted molar refractivity (Wildman–Crippen MR) is 84.8 cm³/mol. The van der Waals surface area contributed by atoms with Gasteiger partial charge in [0.05, 0.1) is 13.2 Å². The van der Waals surface area contributed by atoms with Gasteiger partial charge in [-0.05, 0) is 12.8 Å². The molecule has 2 aliphatic heterocycles. The minimum absolute atomic E-state index is 0.688. The molecule has 6 nitrogen and oxygen atoms in total. The van der Waals surface area contributed by atoms with Crippen molar-refractivity contribution in [3.63, 3.8) is 0 Å². The number of anilines is 1. The number of likely N-dealkylation sites (tertiary alicyclic amines) is 1. The number of nitrogens with zero attached hydrogens (tertiary/aromatic N) is 4. The first-order valence-electron chi connectivity index (χ1n) is 7.96. The van der Waals surface area contributed by atoms with Gasteiger partial charge in [-0.2, -0.15) is 0 Å². The number of morpholine rings is 1. The summed E-state index contributed by atoms with van der Waals surface area (Å²) in [5.74, 6) is 0. The zero-order valence-electron chi connectivity index (χ0n) is 12.8. The lowest BCUT2D eigenvalue weighted by Gasteiger charge is -2.32. The SMILES string of the molecule is CCCNc1snnc1CN1CCC(N2CCOCC2)C1. The van der Waals surface area contributed by atoms with E-state index in [2.05, 4.69) is 31.6 Å². The number of nitrogens with one attached hydrogen (secondary N) is 1. The van der Waals surface area contributed by atoms with Gasteiger partial charge in [0.2, 0.25) is 0 Å². The molecule has 0 amide bonds. The third-order valence-corrected chi connectivity index (χ3v) is 5.00. The third-order valence-electron chi connectivity index (χ3n) is 4.27. The Morgan fingerprint density at radius 2 is 2.19 bits per heavy atom. The molecule has 1 aromatic heterocycles. The van der Waals surface area contributed by atoms with Crippen molar-refractivity contribution in [3.05, 3.63) is 5.69 Å². The first-order valence-corrected chi connectivity index (χ1v) is 8.73. The van der Waals surface area contributed by atoms with Gasteiger partial charge in [0, 0.05) is 56.8 Å². The fourth-order valence-corrected chi connectivity index (χ4v) is 3.69. The monoisotopic (exact) mass is 311 g/mol. The molecule has 2 saturated heterocycles. The second kappa shape index (κ2) is 7.49. The number of hydrogen-bond acceptors (Lipinski definition) is 7. The topological polar surface area (TPSA) is 53.5 Å². The predicted octanol–water partition coefficient (Wildman–Crippen LogP) is 1.27. The van der Waals surface area contributed by atoms with Gasteiger partial charge in [0.1, 0.15) is 10.7 Å². The summed E-state index contributed by atoms with van der Waals surface area (Å²) in [5.41, 5.74) is 1.11. The third kappa shape index (κ3) is 3.91. The van der Waals surface area contributed by atoms with Crippen LogP contribution in [-0.2, 0) is 11.3 Å². The van der Waals surface area contributed by atoms with Crippen LogP contribution in [0.4, 0.5) is 5.00 Å². The number of rotatable bonds is 6. The highest BCUT2D eigenvalue weighted by Gasteiger charge is 2.29. The molecule has 3 heterocycles. The lowest BCUT2D eigenvalue weighted by Crippen LogP contribution is -2.44. The van der Waals surface area contributed by atoms with E-state index in [0.717, 1.165) is 69.6 Å². The highest BCUT2D eigenvalue weighted by atomic mass is 32.1. The number of aromatic nitrogens is 2. The molecule has 7 heteroatoms. The summed E-state index contributed by atoms with van der Waals surface area (Å²) in [4.78, 5) is 5.09. The summed E-state index contributed by atoms with van der Waals surface area (Å²) in [6, 6.07) is 0.688. The zero-order chi connectivity index (χ0) is 14.5. The quantitative estimate of drug-likeness (QED) is 0.854. The molecule has 2 aliphatic rings. The van der Waals surface area contributed by atoms with Gasteiger partial charge in [-0.25, -0.2) is 0 Å². The molecule has 1 atom stereocenters. The molecule has 1 aromatic rings. The van der Waals surface area contributed by atoms with Crippen molar-refractivity contribution in [1.82, 2.24) is 19.4 Å². The van der Waals surface area contributed by atoms with Gasteiger partial charge in [-0.15, -0.1) is 5.10 Å². The van der Waals surface area contributed by atoms with E-state index in [1.807, 2.05) is 0 Å². The van der Waals surface area contributed by atoms with Crippen LogP contribution in [0.15, 0.2) is 0 Å². The van der Waals surface area contributed by atoms with Crippen LogP contribution in [0.5, 0.6) is 0 Å². The van der Waals surface area contributed by atoms with Gasteiger partial charge in [-0.1, -0.05) is 11.4 Å². The van der Waals surface area contributed by atoms with Crippen molar-refractivity contribution in [2.75, 3.05) is 51.3 Å². The van der Waals surface area contributed by atoms with Crippen LogP contribution in [0, 0.1) is 0 Å². The molecule has 3 rings (SSSR count). The molecule has 21 heavy (non-hydrogen) atoms. The molecule has 0 radical (unpaired) electrons. The molecule has 0 spiro atoms. The standard InChI is InChI=1S/C14H25N5OS/c1-2-4-15-14-13(16-17-21-14)11-18-5-3-12(10-18)19-6-8-20-9-7-19/h12,15H,2-11H2,1H3. The summed E-state index contributed by atoms with van der Waals surface area (Å²) < 4.78 is 9.55. The normalized spacial score (nSPS) is 24.5. The fourth-order valence-electron chi connectivity index (χ4n) is 3.09. The second-order valence-corrected chi connectivity index (χ2v) is 6.56. The molecule has 2 fully saturated rings. The largest absolute Gasteiger partial charge is 0.379 e. The fraction of sp³-hybridized carbons (Fsp3) is 0.857. The highest BCUT2D eigenvalue weighted by Crippen LogP contribution is 2.23. The Balaban J connectivity index is 1.51. The van der Waals surface area contributed by atoms with Gasteiger partial charge >= 0.3 is 0 Å². The lowest BCUT2D eigenvalue weighted by molar-refractivity contribution is 0.0183. The van der Waals surface area contributed by atoms with Crippen LogP contribution in [0.1, 0.15) is 25.5 Å². The van der Waals surface area contributed by atoms with Crippen LogP contribution in [-0.4, -0.2) is 71.4 Å². The van der Waals surface area contributed by atoms with Crippen molar-refractivity contribution in [2.24, 2.45) is 0 Å². The molecule has 0 bridgehead atoms. The summed E-state index contributed by atoms with van der Waals surface area (Å²) in [6.45, 7) is 10.3. The summed E-state index contributed by atoms with van der Waals surface area (Å²) in [6.07, 6.45) is 2.38. The van der Waals surface area contributed by atoms with Gasteiger partial charge in [0.15, 0.2) is 0 Å². The molecule has 0 saturated carbocycles. The van der Waals surface area contributed by atoms with Crippen molar-refractivity contribution in [3.8, 4) is 0 Å². The van der Waals surface area contributed by atoms with Gasteiger partial charge < -0.3 is 10.1 Å². The van der Waals surface area contributed by atoms with E-state index >= 15 is 0 Å². The Labute approximate surface area is 130 Å². The Kier molecular flexibility index (Phi) is 5.40. The molecule has 1 unspecified atom stereocenters. The Bertz CT molecular complexity index is 435. The van der Waals surface area contributed by atoms with E-state index in [0.29, 0.717) is 6.04 Å². The lowest BCUT2D eigenvalue weighted by atomic mass is 10.2. The molecule has 118 valence electrons. The summed E-state index contributed by atoms with van der Waals surface area (Å²) in [7, 11) is 0. The summed E-state index contributed by atoms with van der Waals surface area (Å²) >= 11 is 1.48. The molecule has 0 aromatic carbocycles. The minimum atomic E-state index is 0.688. The maximum Gasteiger partial charge on any atom is 0.134 e. The molecule has 0 aliphatic carbocycles. The summed E-state index contributed by atoms with van der Waals surface area (Å²) in [5, 5.41) is 8.88. The van der Waals surface area contributed by atoms with Crippen molar-refractivity contribution in [2.45, 2.75) is 32.4 Å². The first-order chi connectivity index (χ1) is 10.4. The Morgan fingerprint density at radius 1 is 1.33 bits per heavy atom. The van der Waals surface area contributed by atoms with Crippen LogP contribution in [0.2, 0.25) is 0 Å². The van der Waals surface area contributed by atoms with E-state index in [4.69, 9.17) is 4.74 Å². The van der Waals surface area contributed by atoms with E-state index < -0.39 is 0 Å². The Hall–Kier alpha value is -0.760. The van der Waals surface area contributed by atoms with Crippen LogP contribution < -0.4 is 5.32 Å². The van der Waals surface area contributed by atoms with E-state index in [-0.39, 0.29) is 0 Å². The average Bonchev–Trinajstić information content (AvgIpc) is 3.16. The number of ether oxygens (including phenoxy) is 1. The van der Waals surface area contributed by atoms with Crippen molar-refractivity contribution >= 4 is 16.5 Å². The van der Waals surface area contributed by atoms with E-state index in [9.17, 15) is 0 Å². The molecule has 1 N–H and O–H groups in total. The van der Waals surface area contributed by atoms with Gasteiger partial charge in [0.25, 0.3) is 0 Å². The van der Waals surface area contributed by atoms with Crippen LogP contribution >= 0.6 is 11.5 Å². The molecular weight excluding hydrogens is 286 g/mol. The Morgan fingerprint density at radius 3 is 3.00 bits per heavy atom. The van der Waals surface area contributed by atoms with Crippen LogP contribution in [0.25, 0.3) is 0 Å². The highest BCUT2D eigenvalue weighted by molar-refractivity contribution is 7.10. The maximum atomic E-state index is 5.44. The zero-order valence-corrected chi connectivity index (χ0v) is 13.6. The average molecular weight is 311 g/mol. The molecular formula is C14H25N5OS. The van der Waals surface area contributed by atoms with E-state index in [1.165, 1.54) is 18.0 Å². The van der Waals surface area contributed by atoms with Crippen LogP contribution in [0.3, 0.4) is 0 Å². The first kappa shape index (κ1) is 15.1. The van der Waals surface area contributed by atoms with Crippen molar-refractivity contribution < 1.29 is 4.74 Å². The second-order valence-electron chi connectivity index (χ2n) is 5.80. The van der Waals surface area contributed by atoms with Gasteiger partial charge in [-0.3, -0.25) is 9.80 Å². The smallest absolute Gasteiger partial charge is 0.134 e.